The summed E-state index contributed by atoms with van der Waals surface area (Å²) in [5, 5.41) is 5.24. The van der Waals surface area contributed by atoms with E-state index >= 15 is 0 Å². The van der Waals surface area contributed by atoms with Gasteiger partial charge < -0.3 is 13.9 Å². The summed E-state index contributed by atoms with van der Waals surface area (Å²) in [5.41, 5.74) is 1.11. The van der Waals surface area contributed by atoms with Crippen molar-refractivity contribution in [1.29, 1.82) is 0 Å². The Morgan fingerprint density at radius 2 is 2.11 bits per heavy atom. The zero-order valence-corrected chi connectivity index (χ0v) is 16.7. The van der Waals surface area contributed by atoms with Crippen LogP contribution in [0.3, 0.4) is 0 Å². The quantitative estimate of drug-likeness (QED) is 0.435. The van der Waals surface area contributed by atoms with E-state index in [0.29, 0.717) is 34.5 Å². The van der Waals surface area contributed by atoms with E-state index in [4.69, 9.17) is 25.5 Å². The molecule has 2 heterocycles. The van der Waals surface area contributed by atoms with Crippen molar-refractivity contribution in [2.45, 2.75) is 39.8 Å². The van der Waals surface area contributed by atoms with Crippen molar-refractivity contribution in [1.82, 2.24) is 9.78 Å². The zero-order valence-electron chi connectivity index (χ0n) is 16.0. The molecule has 0 spiro atoms. The molecule has 148 valence electrons. The molecule has 0 aliphatic rings. The number of carbonyl (C=O) groups excluding carboxylic acids is 1. The van der Waals surface area contributed by atoms with E-state index in [9.17, 15) is 9.59 Å². The number of unbranched alkanes of at least 4 members (excludes halogenated alkanes) is 1. The van der Waals surface area contributed by atoms with E-state index in [2.05, 4.69) is 12.0 Å². The summed E-state index contributed by atoms with van der Waals surface area (Å²) in [5.74, 6) is -0.0214. The van der Waals surface area contributed by atoms with E-state index in [1.54, 1.807) is 29.8 Å². The summed E-state index contributed by atoms with van der Waals surface area (Å²) in [4.78, 5) is 24.4. The lowest BCUT2D eigenvalue weighted by atomic mass is 10.1. The van der Waals surface area contributed by atoms with Gasteiger partial charge in [0.1, 0.15) is 28.7 Å². The highest BCUT2D eigenvalue weighted by atomic mass is 35.5. The minimum atomic E-state index is -0.583. The van der Waals surface area contributed by atoms with Crippen molar-refractivity contribution in [3.63, 3.8) is 0 Å². The average molecular weight is 405 g/mol. The standard InChI is InChI=1S/C20H21ClN2O5/c1-4-5-8-23-19(21)18(12(2)22-23)20(25)27-11-13-9-17(24)28-16-10-14(26-3)6-7-15(13)16/h6-7,9-10H,4-5,8,11H2,1-3H3. The molecule has 0 bridgehead atoms. The Kier molecular flexibility index (Phi) is 6.04. The Morgan fingerprint density at radius 1 is 1.32 bits per heavy atom. The Balaban J connectivity index is 1.84. The van der Waals surface area contributed by atoms with Crippen LogP contribution in [0, 0.1) is 6.92 Å². The summed E-state index contributed by atoms with van der Waals surface area (Å²) in [6.45, 7) is 4.32. The SMILES string of the molecule is CCCCn1nc(C)c(C(=O)OCc2cc(=O)oc3cc(OC)ccc23)c1Cl. The Labute approximate surface area is 166 Å². The number of halogens is 1. The molecule has 3 aromatic rings. The van der Waals surface area contributed by atoms with E-state index < -0.39 is 11.6 Å². The van der Waals surface area contributed by atoms with Crippen molar-refractivity contribution in [2.24, 2.45) is 0 Å². The molecule has 28 heavy (non-hydrogen) atoms. The second-order valence-electron chi connectivity index (χ2n) is 6.36. The number of rotatable bonds is 7. The summed E-state index contributed by atoms with van der Waals surface area (Å²) >= 11 is 6.32. The number of nitrogens with zero attached hydrogens (tertiary/aromatic N) is 2. The van der Waals surface area contributed by atoms with E-state index in [1.807, 2.05) is 0 Å². The molecule has 7 nitrogen and oxygen atoms in total. The van der Waals surface area contributed by atoms with Gasteiger partial charge in [-0.15, -0.1) is 0 Å². The lowest BCUT2D eigenvalue weighted by Crippen LogP contribution is -2.09. The number of hydrogen-bond acceptors (Lipinski definition) is 6. The van der Waals surface area contributed by atoms with Crippen molar-refractivity contribution >= 4 is 28.5 Å². The fourth-order valence-electron chi connectivity index (χ4n) is 2.91. The maximum absolute atomic E-state index is 12.6. The highest BCUT2D eigenvalue weighted by Gasteiger charge is 2.22. The maximum atomic E-state index is 12.6. The number of fused-ring (bicyclic) bond motifs is 1. The lowest BCUT2D eigenvalue weighted by Gasteiger charge is -2.08. The topological polar surface area (TPSA) is 83.6 Å². The molecule has 0 fully saturated rings. The van der Waals surface area contributed by atoms with E-state index in [0.717, 1.165) is 12.8 Å². The molecule has 3 rings (SSSR count). The Bertz CT molecular complexity index is 1070. The molecule has 0 amide bonds. The van der Waals surface area contributed by atoms with Crippen LogP contribution in [-0.4, -0.2) is 22.9 Å². The van der Waals surface area contributed by atoms with Crippen molar-refractivity contribution in [3.05, 3.63) is 56.7 Å². The highest BCUT2D eigenvalue weighted by molar-refractivity contribution is 6.32. The average Bonchev–Trinajstić information content (AvgIpc) is 2.96. The second kappa shape index (κ2) is 8.48. The lowest BCUT2D eigenvalue weighted by molar-refractivity contribution is 0.0473. The molecular formula is C20H21ClN2O5. The third-order valence-electron chi connectivity index (χ3n) is 4.39. The first-order chi connectivity index (χ1) is 13.4. The third-order valence-corrected chi connectivity index (χ3v) is 4.77. The third kappa shape index (κ3) is 4.04. The zero-order chi connectivity index (χ0) is 20.3. The molecule has 0 N–H and O–H groups in total. The Morgan fingerprint density at radius 3 is 2.82 bits per heavy atom. The molecule has 2 aromatic heterocycles. The van der Waals surface area contributed by atoms with Gasteiger partial charge in [-0.3, -0.25) is 4.68 Å². The van der Waals surface area contributed by atoms with Crippen molar-refractivity contribution < 1.29 is 18.7 Å². The minimum Gasteiger partial charge on any atom is -0.497 e. The van der Waals surface area contributed by atoms with E-state index in [-0.39, 0.29) is 17.3 Å². The van der Waals surface area contributed by atoms with Crippen molar-refractivity contribution in [3.8, 4) is 5.75 Å². The van der Waals surface area contributed by atoms with E-state index in [1.165, 1.54) is 13.2 Å². The Hall–Kier alpha value is -2.80. The van der Waals surface area contributed by atoms with Crippen LogP contribution in [0.5, 0.6) is 5.75 Å². The monoisotopic (exact) mass is 404 g/mol. The van der Waals surface area contributed by atoms with Gasteiger partial charge >= 0.3 is 11.6 Å². The van der Waals surface area contributed by atoms with Gasteiger partial charge in [-0.1, -0.05) is 24.9 Å². The van der Waals surface area contributed by atoms with Crippen LogP contribution in [-0.2, 0) is 17.9 Å². The smallest absolute Gasteiger partial charge is 0.343 e. The molecular weight excluding hydrogens is 384 g/mol. The number of aryl methyl sites for hydroxylation is 2. The van der Waals surface area contributed by atoms with Gasteiger partial charge in [0.05, 0.1) is 12.8 Å². The van der Waals surface area contributed by atoms with Gasteiger partial charge in [-0.2, -0.15) is 5.10 Å². The van der Waals surface area contributed by atoms with Crippen LogP contribution in [0.25, 0.3) is 11.0 Å². The highest BCUT2D eigenvalue weighted by Crippen LogP contribution is 2.25. The first-order valence-electron chi connectivity index (χ1n) is 8.95. The largest absolute Gasteiger partial charge is 0.497 e. The van der Waals surface area contributed by atoms with Crippen molar-refractivity contribution in [2.75, 3.05) is 7.11 Å². The molecule has 0 unspecified atom stereocenters. The summed E-state index contributed by atoms with van der Waals surface area (Å²) in [6, 6.07) is 6.41. The van der Waals surface area contributed by atoms with Crippen LogP contribution < -0.4 is 10.4 Å². The predicted molar refractivity (Wildman–Crippen MR) is 105 cm³/mol. The summed E-state index contributed by atoms with van der Waals surface area (Å²) < 4.78 is 17.4. The van der Waals surface area contributed by atoms with Gasteiger partial charge in [0.15, 0.2) is 0 Å². The molecule has 8 heteroatoms. The molecule has 0 saturated carbocycles. The number of esters is 1. The molecule has 1 aromatic carbocycles. The second-order valence-corrected chi connectivity index (χ2v) is 6.71. The summed E-state index contributed by atoms with van der Waals surface area (Å²) in [6.07, 6.45) is 1.90. The molecule has 0 aliphatic carbocycles. The van der Waals surface area contributed by atoms with Gasteiger partial charge in [-0.05, 0) is 25.5 Å². The maximum Gasteiger partial charge on any atom is 0.343 e. The first kappa shape index (κ1) is 19.9. The molecule has 0 atom stereocenters. The van der Waals surface area contributed by atoms with Crippen LogP contribution in [0.1, 0.15) is 41.4 Å². The number of aromatic nitrogens is 2. The van der Waals surface area contributed by atoms with Gasteiger partial charge in [0.25, 0.3) is 0 Å². The molecule has 0 radical (unpaired) electrons. The van der Waals surface area contributed by atoms with Crippen LogP contribution >= 0.6 is 11.6 Å². The molecule has 0 saturated heterocycles. The van der Waals surface area contributed by atoms with Crippen LogP contribution in [0.4, 0.5) is 0 Å². The molecule has 0 aliphatic heterocycles. The van der Waals surface area contributed by atoms with Gasteiger partial charge in [0, 0.05) is 29.6 Å². The van der Waals surface area contributed by atoms with Gasteiger partial charge in [-0.25, -0.2) is 9.59 Å². The van der Waals surface area contributed by atoms with Gasteiger partial charge in [0.2, 0.25) is 0 Å². The predicted octanol–water partition coefficient (Wildman–Crippen LogP) is 4.12. The number of benzene rings is 1. The number of hydrogen-bond donors (Lipinski definition) is 0. The fraction of sp³-hybridized carbons (Fsp3) is 0.350. The normalized spacial score (nSPS) is 11.0. The fourth-order valence-corrected chi connectivity index (χ4v) is 3.25. The van der Waals surface area contributed by atoms with Crippen LogP contribution in [0.2, 0.25) is 5.15 Å². The number of carbonyl (C=O) groups is 1. The minimum absolute atomic E-state index is 0.0941. The van der Waals surface area contributed by atoms with Crippen LogP contribution in [0.15, 0.2) is 33.5 Å². The first-order valence-corrected chi connectivity index (χ1v) is 9.33. The number of methoxy groups -OCH3 is 1. The summed E-state index contributed by atoms with van der Waals surface area (Å²) in [7, 11) is 1.53. The number of ether oxygens (including phenoxy) is 2.